The number of hydrogen-bond donors (Lipinski definition) is 2. The van der Waals surface area contributed by atoms with Gasteiger partial charge in [-0.2, -0.15) is 0 Å². The van der Waals surface area contributed by atoms with E-state index in [-0.39, 0.29) is 6.54 Å². The van der Waals surface area contributed by atoms with Crippen LogP contribution in [0.3, 0.4) is 0 Å². The summed E-state index contributed by atoms with van der Waals surface area (Å²) >= 11 is 0. The van der Waals surface area contributed by atoms with E-state index in [1.807, 2.05) is 57.2 Å². The largest absolute Gasteiger partial charge is 0.458 e. The lowest BCUT2D eigenvalue weighted by atomic mass is 10.1. The van der Waals surface area contributed by atoms with Crippen molar-refractivity contribution in [2.75, 3.05) is 5.32 Å². The molecule has 0 aliphatic heterocycles. The molecule has 1 aromatic heterocycles. The summed E-state index contributed by atoms with van der Waals surface area (Å²) in [7, 11) is 0. The second kappa shape index (κ2) is 9.01. The van der Waals surface area contributed by atoms with E-state index in [2.05, 4.69) is 15.6 Å². The van der Waals surface area contributed by atoms with Crippen molar-refractivity contribution in [1.29, 1.82) is 0 Å². The molecule has 0 bridgehead atoms. The molecular formula is C23H23N3O3. The Kier molecular flexibility index (Phi) is 6.24. The highest BCUT2D eigenvalue weighted by molar-refractivity contribution is 6.39. The molecule has 6 heteroatoms. The number of anilines is 1. The molecule has 1 heterocycles. The zero-order chi connectivity index (χ0) is 20.8. The highest BCUT2D eigenvalue weighted by Gasteiger charge is 2.14. The number of rotatable bonds is 5. The Morgan fingerprint density at radius 2 is 1.69 bits per heavy atom. The first-order chi connectivity index (χ1) is 13.9. The topological polar surface area (TPSA) is 83.7 Å². The van der Waals surface area contributed by atoms with Gasteiger partial charge in [-0.15, -0.1) is 0 Å². The molecule has 0 aliphatic rings. The van der Waals surface area contributed by atoms with Crippen LogP contribution in [0.15, 0.2) is 64.0 Å². The van der Waals surface area contributed by atoms with Gasteiger partial charge in [-0.05, 0) is 68.3 Å². The molecule has 0 saturated carbocycles. The lowest BCUT2D eigenvalue weighted by Crippen LogP contribution is -2.34. The van der Waals surface area contributed by atoms with Gasteiger partial charge in [-0.25, -0.2) is 0 Å². The van der Waals surface area contributed by atoms with E-state index in [9.17, 15) is 9.59 Å². The van der Waals surface area contributed by atoms with Gasteiger partial charge in [0.1, 0.15) is 11.5 Å². The first-order valence-electron chi connectivity index (χ1n) is 9.26. The van der Waals surface area contributed by atoms with E-state index < -0.39 is 11.8 Å². The zero-order valence-electron chi connectivity index (χ0n) is 16.7. The molecule has 29 heavy (non-hydrogen) atoms. The Morgan fingerprint density at radius 3 is 2.41 bits per heavy atom. The van der Waals surface area contributed by atoms with Crippen molar-refractivity contribution in [3.05, 3.63) is 82.8 Å². The van der Waals surface area contributed by atoms with Crippen LogP contribution in [0.2, 0.25) is 0 Å². The van der Waals surface area contributed by atoms with Gasteiger partial charge in [0.25, 0.3) is 0 Å². The van der Waals surface area contributed by atoms with Gasteiger partial charge >= 0.3 is 11.8 Å². The van der Waals surface area contributed by atoms with Crippen molar-refractivity contribution in [3.8, 4) is 0 Å². The maximum atomic E-state index is 12.0. The fourth-order valence-corrected chi connectivity index (χ4v) is 2.58. The quantitative estimate of drug-likeness (QED) is 0.506. The number of amides is 2. The second-order valence-corrected chi connectivity index (χ2v) is 6.83. The number of hydrogen-bond acceptors (Lipinski definition) is 4. The number of aryl methyl sites for hydroxylation is 3. The third kappa shape index (κ3) is 5.65. The number of furan rings is 1. The van der Waals surface area contributed by atoms with E-state index in [1.54, 1.807) is 24.4 Å². The monoisotopic (exact) mass is 389 g/mol. The predicted octanol–water partition coefficient (Wildman–Crippen LogP) is 4.21. The van der Waals surface area contributed by atoms with Gasteiger partial charge in [-0.1, -0.05) is 23.8 Å². The van der Waals surface area contributed by atoms with E-state index in [1.165, 1.54) is 5.56 Å². The van der Waals surface area contributed by atoms with Crippen molar-refractivity contribution >= 4 is 29.4 Å². The molecule has 0 spiro atoms. The van der Waals surface area contributed by atoms with Crippen molar-refractivity contribution in [2.45, 2.75) is 27.3 Å². The summed E-state index contributed by atoms with van der Waals surface area (Å²) in [5, 5.41) is 5.14. The van der Waals surface area contributed by atoms with Crippen LogP contribution in [0, 0.1) is 20.8 Å². The fourth-order valence-electron chi connectivity index (χ4n) is 2.58. The number of carbonyl (C=O) groups excluding carboxylic acids is 2. The Balaban J connectivity index is 1.51. The molecule has 0 fully saturated rings. The molecule has 2 N–H and O–H groups in total. The Labute approximate surface area is 169 Å². The molecule has 3 aromatic rings. The van der Waals surface area contributed by atoms with Crippen molar-refractivity contribution < 1.29 is 14.0 Å². The Hall–Kier alpha value is -3.67. The second-order valence-electron chi connectivity index (χ2n) is 6.83. The minimum Gasteiger partial charge on any atom is -0.458 e. The van der Waals surface area contributed by atoms with Crippen molar-refractivity contribution in [2.24, 2.45) is 4.99 Å². The minimum absolute atomic E-state index is 0.109. The van der Waals surface area contributed by atoms with Crippen molar-refractivity contribution in [3.63, 3.8) is 0 Å². The number of nitrogens with one attached hydrogen (secondary N) is 2. The van der Waals surface area contributed by atoms with Crippen LogP contribution in [0.1, 0.15) is 28.2 Å². The van der Waals surface area contributed by atoms with Gasteiger partial charge in [0.2, 0.25) is 0 Å². The minimum atomic E-state index is -0.727. The highest BCUT2D eigenvalue weighted by atomic mass is 16.3. The van der Waals surface area contributed by atoms with Gasteiger partial charge in [0, 0.05) is 5.69 Å². The maximum absolute atomic E-state index is 12.0. The lowest BCUT2D eigenvalue weighted by Gasteiger charge is -2.07. The normalized spacial score (nSPS) is 10.9. The van der Waals surface area contributed by atoms with Crippen LogP contribution in [0.5, 0.6) is 0 Å². The van der Waals surface area contributed by atoms with Crippen molar-refractivity contribution in [1.82, 2.24) is 5.32 Å². The van der Waals surface area contributed by atoms with Gasteiger partial charge in [-0.3, -0.25) is 14.6 Å². The Bertz CT molecular complexity index is 1050. The summed E-state index contributed by atoms with van der Waals surface area (Å²) < 4.78 is 5.61. The lowest BCUT2D eigenvalue weighted by molar-refractivity contribution is -0.136. The third-order valence-electron chi connectivity index (χ3n) is 4.45. The molecular weight excluding hydrogens is 366 g/mol. The molecule has 0 saturated heterocycles. The Morgan fingerprint density at radius 1 is 0.931 bits per heavy atom. The smallest absolute Gasteiger partial charge is 0.313 e. The summed E-state index contributed by atoms with van der Waals surface area (Å²) in [5.74, 6) is -0.354. The first-order valence-corrected chi connectivity index (χ1v) is 9.26. The molecule has 0 aliphatic carbocycles. The average molecular weight is 389 g/mol. The molecule has 2 amide bonds. The molecule has 2 aromatic carbocycles. The van der Waals surface area contributed by atoms with Crippen LogP contribution in [0.4, 0.5) is 11.4 Å². The standard InChI is InChI=1S/C23H23N3O3/c1-15-4-7-18(8-5-15)24-13-20-10-11-21(29-20)14-25-22(27)23(28)26-19-9-6-16(2)17(3)12-19/h4-13H,14H2,1-3H3,(H,25,27)(H,26,28). The summed E-state index contributed by atoms with van der Waals surface area (Å²) in [6, 6.07) is 16.8. The summed E-state index contributed by atoms with van der Waals surface area (Å²) in [4.78, 5) is 28.4. The summed E-state index contributed by atoms with van der Waals surface area (Å²) in [6.07, 6.45) is 1.61. The van der Waals surface area contributed by atoms with Crippen LogP contribution < -0.4 is 10.6 Å². The molecule has 6 nitrogen and oxygen atoms in total. The molecule has 148 valence electrons. The fraction of sp³-hybridized carbons (Fsp3) is 0.174. The number of nitrogens with zero attached hydrogens (tertiary/aromatic N) is 1. The molecule has 0 radical (unpaired) electrons. The number of aliphatic imine (C=N–C) groups is 1. The van der Waals surface area contributed by atoms with E-state index in [0.717, 1.165) is 16.8 Å². The molecule has 0 atom stereocenters. The van der Waals surface area contributed by atoms with Crippen LogP contribution >= 0.6 is 0 Å². The summed E-state index contributed by atoms with van der Waals surface area (Å²) in [5.41, 5.74) is 4.73. The molecule has 3 rings (SSSR count). The van der Waals surface area contributed by atoms with E-state index in [4.69, 9.17) is 4.42 Å². The number of benzene rings is 2. The first kappa shape index (κ1) is 20.1. The third-order valence-corrected chi connectivity index (χ3v) is 4.45. The highest BCUT2D eigenvalue weighted by Crippen LogP contribution is 2.15. The van der Waals surface area contributed by atoms with Gasteiger partial charge < -0.3 is 15.1 Å². The average Bonchev–Trinajstić information content (AvgIpc) is 3.16. The van der Waals surface area contributed by atoms with Crippen LogP contribution in [-0.4, -0.2) is 18.0 Å². The van der Waals surface area contributed by atoms with Crippen LogP contribution in [-0.2, 0) is 16.1 Å². The van der Waals surface area contributed by atoms with Crippen LogP contribution in [0.25, 0.3) is 0 Å². The van der Waals surface area contributed by atoms with Gasteiger partial charge in [0.05, 0.1) is 18.4 Å². The van der Waals surface area contributed by atoms with E-state index in [0.29, 0.717) is 17.2 Å². The number of carbonyl (C=O) groups is 2. The zero-order valence-corrected chi connectivity index (χ0v) is 16.7. The predicted molar refractivity (Wildman–Crippen MR) is 114 cm³/mol. The summed E-state index contributed by atoms with van der Waals surface area (Å²) in [6.45, 7) is 6.05. The van der Waals surface area contributed by atoms with E-state index >= 15 is 0 Å². The maximum Gasteiger partial charge on any atom is 0.313 e. The van der Waals surface area contributed by atoms with Gasteiger partial charge in [0.15, 0.2) is 0 Å². The SMILES string of the molecule is Cc1ccc(N=Cc2ccc(CNC(=O)C(=O)Nc3ccc(C)c(C)c3)o2)cc1. The molecule has 0 unspecified atom stereocenters.